The lowest BCUT2D eigenvalue weighted by Gasteiger charge is -2.30. The molecule has 5 rings (SSSR count). The number of fused-ring (bicyclic) bond motifs is 1. The molecule has 3 aromatic rings. The van der Waals surface area contributed by atoms with E-state index < -0.39 is 0 Å². The summed E-state index contributed by atoms with van der Waals surface area (Å²) < 4.78 is 2.24. The summed E-state index contributed by atoms with van der Waals surface area (Å²) in [6.07, 6.45) is 9.08. The topological polar surface area (TPSA) is 75.6 Å². The van der Waals surface area contributed by atoms with Crippen LogP contribution in [0.15, 0.2) is 35.6 Å². The number of thioether (sulfide) groups is 1. The van der Waals surface area contributed by atoms with E-state index in [0.29, 0.717) is 18.0 Å². The fourth-order valence-electron chi connectivity index (χ4n) is 4.50. The largest absolute Gasteiger partial charge is 0.360 e. The van der Waals surface area contributed by atoms with E-state index in [1.54, 1.807) is 0 Å². The molecule has 1 aromatic carbocycles. The Balaban J connectivity index is 1.37. The SMILES string of the molecule is C[C@@H](Sc1nnc(-c2c[nH]c3ccccc23)n1C1CC1)C(=O)N[C@@H]1CCCC[C@@H]1C. The zero-order chi connectivity index (χ0) is 20.7. The molecule has 0 saturated heterocycles. The van der Waals surface area contributed by atoms with E-state index >= 15 is 0 Å². The van der Waals surface area contributed by atoms with Crippen molar-refractivity contribution in [2.24, 2.45) is 5.92 Å². The van der Waals surface area contributed by atoms with Gasteiger partial charge in [-0.05, 0) is 44.6 Å². The van der Waals surface area contributed by atoms with Crippen LogP contribution in [0, 0.1) is 5.92 Å². The van der Waals surface area contributed by atoms with Crippen LogP contribution in [0.25, 0.3) is 22.3 Å². The van der Waals surface area contributed by atoms with Crippen molar-refractivity contribution >= 4 is 28.6 Å². The van der Waals surface area contributed by atoms with Gasteiger partial charge in [-0.2, -0.15) is 0 Å². The van der Waals surface area contributed by atoms with E-state index in [-0.39, 0.29) is 11.2 Å². The van der Waals surface area contributed by atoms with Gasteiger partial charge in [-0.15, -0.1) is 10.2 Å². The van der Waals surface area contributed by atoms with Crippen LogP contribution in [-0.2, 0) is 4.79 Å². The van der Waals surface area contributed by atoms with Gasteiger partial charge in [0.2, 0.25) is 5.91 Å². The second-order valence-corrected chi connectivity index (χ2v) is 10.1. The summed E-state index contributed by atoms with van der Waals surface area (Å²) in [6, 6.07) is 9.00. The van der Waals surface area contributed by atoms with Crippen LogP contribution in [0.4, 0.5) is 0 Å². The molecule has 2 N–H and O–H groups in total. The number of benzene rings is 1. The van der Waals surface area contributed by atoms with E-state index in [1.165, 1.54) is 31.0 Å². The number of H-pyrrole nitrogens is 1. The third-order valence-electron chi connectivity index (χ3n) is 6.50. The minimum atomic E-state index is -0.198. The Kier molecular flexibility index (Phi) is 5.31. The fourth-order valence-corrected chi connectivity index (χ4v) is 5.43. The van der Waals surface area contributed by atoms with Gasteiger partial charge in [0.15, 0.2) is 11.0 Å². The van der Waals surface area contributed by atoms with Crippen molar-refractivity contribution in [2.75, 3.05) is 0 Å². The van der Waals surface area contributed by atoms with Crippen LogP contribution < -0.4 is 5.32 Å². The quantitative estimate of drug-likeness (QED) is 0.551. The zero-order valence-corrected chi connectivity index (χ0v) is 18.4. The summed E-state index contributed by atoms with van der Waals surface area (Å²) in [4.78, 5) is 16.2. The molecule has 158 valence electrons. The standard InChI is InChI=1S/C23H29N5OS/c1-14-7-3-5-9-19(14)25-22(29)15(2)30-23-27-26-21(28(23)16-11-12-16)18-13-24-20-10-6-4-8-17(18)20/h4,6,8,10,13-16,19,24H,3,5,7,9,11-12H2,1-2H3,(H,25,29)/t14-,15+,19+/m0/s1. The highest BCUT2D eigenvalue weighted by molar-refractivity contribution is 8.00. The molecule has 0 aliphatic heterocycles. The van der Waals surface area contributed by atoms with Crippen LogP contribution in [0.3, 0.4) is 0 Å². The maximum Gasteiger partial charge on any atom is 0.233 e. The molecular weight excluding hydrogens is 394 g/mol. The minimum absolute atomic E-state index is 0.109. The van der Waals surface area contributed by atoms with Gasteiger partial charge in [0.05, 0.1) is 5.25 Å². The van der Waals surface area contributed by atoms with Crippen LogP contribution in [0.1, 0.15) is 58.4 Å². The zero-order valence-electron chi connectivity index (χ0n) is 17.6. The van der Waals surface area contributed by atoms with Crippen LogP contribution in [0.5, 0.6) is 0 Å². The molecule has 2 heterocycles. The van der Waals surface area contributed by atoms with Gasteiger partial charge < -0.3 is 10.3 Å². The monoisotopic (exact) mass is 423 g/mol. The highest BCUT2D eigenvalue weighted by atomic mass is 32.2. The molecule has 1 amide bonds. The minimum Gasteiger partial charge on any atom is -0.360 e. The number of hydrogen-bond acceptors (Lipinski definition) is 4. The predicted molar refractivity (Wildman–Crippen MR) is 120 cm³/mol. The first kappa shape index (κ1) is 19.7. The molecule has 0 unspecified atom stereocenters. The van der Waals surface area contributed by atoms with E-state index in [4.69, 9.17) is 0 Å². The summed E-state index contributed by atoms with van der Waals surface area (Å²) in [5.74, 6) is 1.56. The lowest BCUT2D eigenvalue weighted by molar-refractivity contribution is -0.121. The number of nitrogens with one attached hydrogen (secondary N) is 2. The maximum atomic E-state index is 12.9. The number of rotatable bonds is 6. The molecule has 2 aliphatic rings. The smallest absolute Gasteiger partial charge is 0.233 e. The van der Waals surface area contributed by atoms with Gasteiger partial charge >= 0.3 is 0 Å². The molecule has 2 fully saturated rings. The number of aromatic nitrogens is 4. The van der Waals surface area contributed by atoms with E-state index in [9.17, 15) is 4.79 Å². The highest BCUT2D eigenvalue weighted by Crippen LogP contribution is 2.42. The first-order valence-corrected chi connectivity index (χ1v) is 12.0. The average molecular weight is 424 g/mol. The van der Waals surface area contributed by atoms with Crippen LogP contribution in [-0.4, -0.2) is 36.9 Å². The van der Waals surface area contributed by atoms with Crippen LogP contribution in [0.2, 0.25) is 0 Å². The Labute approximate surface area is 181 Å². The second-order valence-electron chi connectivity index (χ2n) is 8.79. The summed E-state index contributed by atoms with van der Waals surface area (Å²) in [5.41, 5.74) is 2.17. The summed E-state index contributed by atoms with van der Waals surface area (Å²) in [7, 11) is 0. The molecule has 7 heteroatoms. The van der Waals surface area contributed by atoms with Gasteiger partial charge in [-0.1, -0.05) is 49.7 Å². The summed E-state index contributed by atoms with van der Waals surface area (Å²) in [5, 5.41) is 14.1. The Morgan fingerprint density at radius 3 is 2.80 bits per heavy atom. The third-order valence-corrected chi connectivity index (χ3v) is 7.55. The van der Waals surface area contributed by atoms with Crippen LogP contribution >= 0.6 is 11.8 Å². The Bertz CT molecular complexity index is 1050. The van der Waals surface area contributed by atoms with Gasteiger partial charge in [0, 0.05) is 34.7 Å². The number of nitrogens with zero attached hydrogens (tertiary/aromatic N) is 3. The van der Waals surface area contributed by atoms with Crippen molar-refractivity contribution in [3.8, 4) is 11.4 Å². The van der Waals surface area contributed by atoms with Crippen molar-refractivity contribution in [1.82, 2.24) is 25.1 Å². The molecule has 0 radical (unpaired) electrons. The fraction of sp³-hybridized carbons (Fsp3) is 0.522. The van der Waals surface area contributed by atoms with Gasteiger partial charge in [0.1, 0.15) is 0 Å². The number of amides is 1. The second kappa shape index (κ2) is 8.10. The molecule has 6 nitrogen and oxygen atoms in total. The molecule has 2 aliphatic carbocycles. The number of carbonyl (C=O) groups excluding carboxylic acids is 1. The number of carbonyl (C=O) groups is 1. The molecule has 3 atom stereocenters. The summed E-state index contributed by atoms with van der Waals surface area (Å²) >= 11 is 1.53. The predicted octanol–water partition coefficient (Wildman–Crippen LogP) is 4.94. The van der Waals surface area contributed by atoms with Gasteiger partial charge in [-0.3, -0.25) is 9.36 Å². The Morgan fingerprint density at radius 2 is 2.00 bits per heavy atom. The van der Waals surface area contributed by atoms with E-state index in [0.717, 1.165) is 46.7 Å². The molecule has 0 spiro atoms. The maximum absolute atomic E-state index is 12.9. The molecular formula is C23H29N5OS. The van der Waals surface area contributed by atoms with Crippen molar-refractivity contribution in [3.05, 3.63) is 30.5 Å². The van der Waals surface area contributed by atoms with E-state index in [2.05, 4.69) is 44.1 Å². The van der Waals surface area contributed by atoms with Crippen molar-refractivity contribution < 1.29 is 4.79 Å². The number of hydrogen-bond donors (Lipinski definition) is 2. The molecule has 2 aromatic heterocycles. The molecule has 30 heavy (non-hydrogen) atoms. The van der Waals surface area contributed by atoms with Crippen molar-refractivity contribution in [3.63, 3.8) is 0 Å². The number of aromatic amines is 1. The normalized spacial score (nSPS) is 22.9. The van der Waals surface area contributed by atoms with Crippen molar-refractivity contribution in [1.29, 1.82) is 0 Å². The first-order valence-electron chi connectivity index (χ1n) is 11.1. The average Bonchev–Trinajstić information content (AvgIpc) is 3.37. The van der Waals surface area contributed by atoms with E-state index in [1.807, 2.05) is 25.3 Å². The Hall–Kier alpha value is -2.28. The highest BCUT2D eigenvalue weighted by Gasteiger charge is 2.33. The van der Waals surface area contributed by atoms with Gasteiger partial charge in [-0.25, -0.2) is 0 Å². The number of para-hydroxylation sites is 1. The molecule has 0 bridgehead atoms. The summed E-state index contributed by atoms with van der Waals surface area (Å²) in [6.45, 7) is 4.23. The first-order chi connectivity index (χ1) is 14.6. The lowest BCUT2D eigenvalue weighted by Crippen LogP contribution is -2.44. The lowest BCUT2D eigenvalue weighted by atomic mass is 9.86. The van der Waals surface area contributed by atoms with Gasteiger partial charge in [0.25, 0.3) is 0 Å². The van der Waals surface area contributed by atoms with Crippen molar-refractivity contribution in [2.45, 2.75) is 74.9 Å². The molecule has 2 saturated carbocycles. The Morgan fingerprint density at radius 1 is 1.20 bits per heavy atom. The third kappa shape index (κ3) is 3.75.